The molecular weight excluding hydrogens is 178 g/mol. The minimum absolute atomic E-state index is 0.813. The van der Waals surface area contributed by atoms with Gasteiger partial charge in [-0.15, -0.1) is 0 Å². The maximum absolute atomic E-state index is 5.23. The number of hydrogen-bond acceptors (Lipinski definition) is 3. The van der Waals surface area contributed by atoms with E-state index >= 15 is 0 Å². The molecule has 0 fully saturated rings. The maximum Gasteiger partial charge on any atom is 0.129 e. The molecule has 72 valence electrons. The van der Waals surface area contributed by atoms with E-state index in [1.807, 2.05) is 19.3 Å². The molecule has 2 heterocycles. The lowest BCUT2D eigenvalue weighted by molar-refractivity contribution is 0.416. The monoisotopic (exact) mass is 189 g/mol. The van der Waals surface area contributed by atoms with E-state index < -0.39 is 0 Å². The normalized spacial score (nSPS) is 10.1. The van der Waals surface area contributed by atoms with Gasteiger partial charge in [0.2, 0.25) is 0 Å². The fourth-order valence-electron chi connectivity index (χ4n) is 1.34. The third kappa shape index (κ3) is 1.46. The van der Waals surface area contributed by atoms with Crippen molar-refractivity contribution in [1.29, 1.82) is 0 Å². The van der Waals surface area contributed by atoms with Gasteiger partial charge in [0.1, 0.15) is 5.75 Å². The fraction of sp³-hybridized carbons (Fsp3) is 0.200. The van der Waals surface area contributed by atoms with Gasteiger partial charge in [0.15, 0.2) is 0 Å². The van der Waals surface area contributed by atoms with Crippen molar-refractivity contribution < 1.29 is 4.74 Å². The summed E-state index contributed by atoms with van der Waals surface area (Å²) in [6.07, 6.45) is 7.20. The van der Waals surface area contributed by atoms with Crippen LogP contribution < -0.4 is 4.74 Å². The predicted octanol–water partition coefficient (Wildman–Crippen LogP) is 1.49. The molecule has 4 nitrogen and oxygen atoms in total. The van der Waals surface area contributed by atoms with E-state index in [-0.39, 0.29) is 0 Å². The zero-order chi connectivity index (χ0) is 9.97. The molecule has 2 rings (SSSR count). The largest absolute Gasteiger partial charge is 0.496 e. The van der Waals surface area contributed by atoms with Gasteiger partial charge in [-0.05, 0) is 6.07 Å². The summed E-state index contributed by atoms with van der Waals surface area (Å²) in [4.78, 5) is 4.06. The Morgan fingerprint density at radius 1 is 1.36 bits per heavy atom. The molecule has 0 aliphatic carbocycles. The van der Waals surface area contributed by atoms with Crippen LogP contribution in [-0.4, -0.2) is 21.9 Å². The Morgan fingerprint density at radius 3 is 2.86 bits per heavy atom. The van der Waals surface area contributed by atoms with Crippen LogP contribution in [-0.2, 0) is 7.05 Å². The van der Waals surface area contributed by atoms with Crippen molar-refractivity contribution in [2.75, 3.05) is 7.11 Å². The van der Waals surface area contributed by atoms with Gasteiger partial charge in [0.25, 0.3) is 0 Å². The van der Waals surface area contributed by atoms with Gasteiger partial charge in [0.05, 0.1) is 13.3 Å². The zero-order valence-electron chi connectivity index (χ0n) is 8.14. The Kier molecular flexibility index (Phi) is 2.18. The molecule has 0 spiro atoms. The van der Waals surface area contributed by atoms with Crippen LogP contribution in [0, 0.1) is 0 Å². The number of hydrogen-bond donors (Lipinski definition) is 0. The summed E-state index contributed by atoms with van der Waals surface area (Å²) in [7, 11) is 3.53. The molecule has 14 heavy (non-hydrogen) atoms. The SMILES string of the molecule is COc1ccncc1-c1cnn(C)c1. The van der Waals surface area contributed by atoms with Crippen molar-refractivity contribution in [3.8, 4) is 16.9 Å². The average Bonchev–Trinajstić information content (AvgIpc) is 2.65. The molecule has 0 atom stereocenters. The molecule has 0 N–H and O–H groups in total. The van der Waals surface area contributed by atoms with Gasteiger partial charge in [-0.1, -0.05) is 0 Å². The Hall–Kier alpha value is -1.84. The van der Waals surface area contributed by atoms with Crippen molar-refractivity contribution in [2.45, 2.75) is 0 Å². The first-order chi connectivity index (χ1) is 6.81. The van der Waals surface area contributed by atoms with Gasteiger partial charge in [0, 0.05) is 36.8 Å². The molecule has 0 aliphatic heterocycles. The van der Waals surface area contributed by atoms with Crippen LogP contribution in [0.3, 0.4) is 0 Å². The molecule has 0 radical (unpaired) electrons. The van der Waals surface area contributed by atoms with Crippen molar-refractivity contribution in [3.05, 3.63) is 30.9 Å². The Labute approximate surface area is 82.2 Å². The lowest BCUT2D eigenvalue weighted by Gasteiger charge is -2.04. The van der Waals surface area contributed by atoms with E-state index in [9.17, 15) is 0 Å². The van der Waals surface area contributed by atoms with Crippen molar-refractivity contribution in [1.82, 2.24) is 14.8 Å². The second kappa shape index (κ2) is 3.49. The van der Waals surface area contributed by atoms with Crippen LogP contribution in [0.15, 0.2) is 30.9 Å². The van der Waals surface area contributed by atoms with E-state index in [0.29, 0.717) is 0 Å². The maximum atomic E-state index is 5.23. The molecule has 0 saturated heterocycles. The van der Waals surface area contributed by atoms with Gasteiger partial charge in [-0.2, -0.15) is 5.10 Å². The number of rotatable bonds is 2. The number of aryl methyl sites for hydroxylation is 1. The Bertz CT molecular complexity index is 436. The summed E-state index contributed by atoms with van der Waals surface area (Å²) in [5, 5.41) is 4.10. The van der Waals surface area contributed by atoms with Gasteiger partial charge < -0.3 is 4.74 Å². The van der Waals surface area contributed by atoms with Crippen molar-refractivity contribution >= 4 is 0 Å². The van der Waals surface area contributed by atoms with E-state index in [2.05, 4.69) is 10.1 Å². The molecule has 0 aliphatic rings. The predicted molar refractivity (Wildman–Crippen MR) is 53.0 cm³/mol. The molecule has 0 amide bonds. The van der Waals surface area contributed by atoms with Crippen LogP contribution in [0.4, 0.5) is 0 Å². The number of pyridine rings is 1. The second-order valence-electron chi connectivity index (χ2n) is 2.98. The smallest absolute Gasteiger partial charge is 0.129 e. The Morgan fingerprint density at radius 2 is 2.21 bits per heavy atom. The van der Waals surface area contributed by atoms with Gasteiger partial charge in [-0.3, -0.25) is 9.67 Å². The quantitative estimate of drug-likeness (QED) is 0.718. The molecule has 2 aromatic heterocycles. The average molecular weight is 189 g/mol. The summed E-state index contributed by atoms with van der Waals surface area (Å²) in [6.45, 7) is 0. The van der Waals surface area contributed by atoms with Crippen molar-refractivity contribution in [3.63, 3.8) is 0 Å². The van der Waals surface area contributed by atoms with Crippen LogP contribution in [0.1, 0.15) is 0 Å². The highest BCUT2D eigenvalue weighted by Crippen LogP contribution is 2.27. The van der Waals surface area contributed by atoms with Crippen LogP contribution in [0.2, 0.25) is 0 Å². The second-order valence-corrected chi connectivity index (χ2v) is 2.98. The minimum atomic E-state index is 0.813. The van der Waals surface area contributed by atoms with E-state index in [1.54, 1.807) is 30.4 Å². The first-order valence-electron chi connectivity index (χ1n) is 4.28. The third-order valence-corrected chi connectivity index (χ3v) is 2.02. The number of ether oxygens (including phenoxy) is 1. The lowest BCUT2D eigenvalue weighted by Crippen LogP contribution is -1.88. The summed E-state index contributed by atoms with van der Waals surface area (Å²) in [5.74, 6) is 0.813. The molecule has 0 unspecified atom stereocenters. The van der Waals surface area contributed by atoms with E-state index in [1.165, 1.54) is 0 Å². The van der Waals surface area contributed by atoms with Crippen LogP contribution >= 0.6 is 0 Å². The molecule has 0 bridgehead atoms. The number of nitrogens with zero attached hydrogens (tertiary/aromatic N) is 3. The highest BCUT2D eigenvalue weighted by molar-refractivity contribution is 5.67. The molecule has 0 saturated carbocycles. The molecule has 2 aromatic rings. The topological polar surface area (TPSA) is 39.9 Å². The Balaban J connectivity index is 2.50. The van der Waals surface area contributed by atoms with Crippen LogP contribution in [0.5, 0.6) is 5.75 Å². The summed E-state index contributed by atoms with van der Waals surface area (Å²) >= 11 is 0. The molecule has 4 heteroatoms. The van der Waals surface area contributed by atoms with Gasteiger partial charge >= 0.3 is 0 Å². The van der Waals surface area contributed by atoms with Crippen LogP contribution in [0.25, 0.3) is 11.1 Å². The highest BCUT2D eigenvalue weighted by Gasteiger charge is 2.06. The highest BCUT2D eigenvalue weighted by atomic mass is 16.5. The first-order valence-corrected chi connectivity index (χ1v) is 4.28. The summed E-state index contributed by atoms with van der Waals surface area (Å²) in [5.41, 5.74) is 1.97. The number of aromatic nitrogens is 3. The van der Waals surface area contributed by atoms with Gasteiger partial charge in [-0.25, -0.2) is 0 Å². The van der Waals surface area contributed by atoms with Crippen molar-refractivity contribution in [2.24, 2.45) is 7.05 Å². The third-order valence-electron chi connectivity index (χ3n) is 2.02. The number of methoxy groups -OCH3 is 1. The summed E-state index contributed by atoms with van der Waals surface area (Å²) in [6, 6.07) is 1.84. The van der Waals surface area contributed by atoms with E-state index in [0.717, 1.165) is 16.9 Å². The molecule has 0 aromatic carbocycles. The standard InChI is InChI=1S/C10H11N3O/c1-13-7-8(5-12-13)9-6-11-4-3-10(9)14-2/h3-7H,1-2H3. The first kappa shape index (κ1) is 8.74. The zero-order valence-corrected chi connectivity index (χ0v) is 8.14. The molecular formula is C10H11N3O. The lowest BCUT2D eigenvalue weighted by atomic mass is 10.1. The minimum Gasteiger partial charge on any atom is -0.496 e. The fourth-order valence-corrected chi connectivity index (χ4v) is 1.34. The summed E-state index contributed by atoms with van der Waals surface area (Å²) < 4.78 is 6.98. The van der Waals surface area contributed by atoms with E-state index in [4.69, 9.17) is 4.74 Å².